The standard InChI is InChI=1S/C26H29NO3/c1-4-6-18-7-8-20-17-22(13-14-23(18)20)29-16-15-24-25(5-2)30-26(27-24)19-9-11-21(28-3)12-10-19/h4,9-14,17-18H,1,5-8,15-16H2,2-3H3. The molecule has 30 heavy (non-hydrogen) atoms. The van der Waals surface area contributed by atoms with Crippen molar-refractivity contribution < 1.29 is 13.9 Å². The van der Waals surface area contributed by atoms with Crippen LogP contribution in [0.15, 0.2) is 59.5 Å². The van der Waals surface area contributed by atoms with Crippen LogP contribution in [0.4, 0.5) is 0 Å². The molecule has 4 rings (SSSR count). The topological polar surface area (TPSA) is 44.5 Å². The van der Waals surface area contributed by atoms with Gasteiger partial charge in [0, 0.05) is 18.4 Å². The Morgan fingerprint density at radius 2 is 1.97 bits per heavy atom. The molecule has 0 spiro atoms. The number of rotatable bonds is 9. The van der Waals surface area contributed by atoms with E-state index in [0.717, 1.165) is 54.2 Å². The van der Waals surface area contributed by atoms with E-state index in [1.54, 1.807) is 7.11 Å². The zero-order valence-electron chi connectivity index (χ0n) is 17.8. The quantitative estimate of drug-likeness (QED) is 0.403. The molecule has 0 saturated carbocycles. The van der Waals surface area contributed by atoms with E-state index in [4.69, 9.17) is 18.9 Å². The lowest BCUT2D eigenvalue weighted by Gasteiger charge is -2.10. The first-order chi connectivity index (χ1) is 14.7. The zero-order valence-corrected chi connectivity index (χ0v) is 17.8. The molecular weight excluding hydrogens is 374 g/mol. The second-order valence-electron chi connectivity index (χ2n) is 7.69. The average molecular weight is 404 g/mol. The molecule has 1 aliphatic rings. The third-order valence-corrected chi connectivity index (χ3v) is 5.81. The molecule has 1 heterocycles. The summed E-state index contributed by atoms with van der Waals surface area (Å²) >= 11 is 0. The van der Waals surface area contributed by atoms with Crippen molar-refractivity contribution in [1.82, 2.24) is 4.98 Å². The van der Waals surface area contributed by atoms with Gasteiger partial charge >= 0.3 is 0 Å². The van der Waals surface area contributed by atoms with Crippen molar-refractivity contribution in [3.63, 3.8) is 0 Å². The fraction of sp³-hybridized carbons (Fsp3) is 0.346. The molecule has 0 bridgehead atoms. The Kier molecular flexibility index (Phi) is 6.22. The third-order valence-electron chi connectivity index (χ3n) is 5.81. The van der Waals surface area contributed by atoms with Gasteiger partial charge in [-0.15, -0.1) is 6.58 Å². The summed E-state index contributed by atoms with van der Waals surface area (Å²) in [6.07, 6.45) is 6.93. The Balaban J connectivity index is 1.40. The summed E-state index contributed by atoms with van der Waals surface area (Å²) in [6, 6.07) is 14.3. The van der Waals surface area contributed by atoms with Crippen LogP contribution in [-0.2, 0) is 19.3 Å². The number of allylic oxidation sites excluding steroid dienone is 1. The molecule has 0 aliphatic heterocycles. The number of aryl methyl sites for hydroxylation is 2. The summed E-state index contributed by atoms with van der Waals surface area (Å²) in [6.45, 7) is 6.55. The van der Waals surface area contributed by atoms with Crippen molar-refractivity contribution in [2.24, 2.45) is 0 Å². The minimum absolute atomic E-state index is 0.580. The predicted octanol–water partition coefficient (Wildman–Crippen LogP) is 6.14. The Hall–Kier alpha value is -3.01. The molecule has 2 aromatic carbocycles. The van der Waals surface area contributed by atoms with Crippen LogP contribution in [0.2, 0.25) is 0 Å². The first-order valence-electron chi connectivity index (χ1n) is 10.7. The van der Waals surface area contributed by atoms with Gasteiger partial charge in [0.1, 0.15) is 17.3 Å². The van der Waals surface area contributed by atoms with Crippen LogP contribution in [0.1, 0.15) is 48.3 Å². The summed E-state index contributed by atoms with van der Waals surface area (Å²) in [5.74, 6) is 3.94. The Labute approximate surface area is 178 Å². The van der Waals surface area contributed by atoms with E-state index < -0.39 is 0 Å². The number of ether oxygens (including phenoxy) is 2. The predicted molar refractivity (Wildman–Crippen MR) is 119 cm³/mol. The van der Waals surface area contributed by atoms with Crippen LogP contribution >= 0.6 is 0 Å². The van der Waals surface area contributed by atoms with Gasteiger partial charge in [0.05, 0.1) is 19.4 Å². The van der Waals surface area contributed by atoms with E-state index in [2.05, 4.69) is 31.7 Å². The second-order valence-corrected chi connectivity index (χ2v) is 7.69. The Bertz CT molecular complexity index is 1000. The van der Waals surface area contributed by atoms with Gasteiger partial charge in [-0.1, -0.05) is 19.1 Å². The van der Waals surface area contributed by atoms with Crippen molar-refractivity contribution >= 4 is 0 Å². The van der Waals surface area contributed by atoms with Gasteiger partial charge in [-0.2, -0.15) is 0 Å². The highest BCUT2D eigenvalue weighted by molar-refractivity contribution is 5.55. The largest absolute Gasteiger partial charge is 0.497 e. The molecule has 1 unspecified atom stereocenters. The van der Waals surface area contributed by atoms with Gasteiger partial charge in [-0.25, -0.2) is 4.98 Å². The third kappa shape index (κ3) is 4.28. The molecule has 0 fully saturated rings. The van der Waals surface area contributed by atoms with E-state index in [1.807, 2.05) is 30.3 Å². The first-order valence-corrected chi connectivity index (χ1v) is 10.7. The molecule has 156 valence electrons. The lowest BCUT2D eigenvalue weighted by Crippen LogP contribution is -2.04. The summed E-state index contributed by atoms with van der Waals surface area (Å²) < 4.78 is 17.3. The average Bonchev–Trinajstić information content (AvgIpc) is 3.38. The van der Waals surface area contributed by atoms with Crippen molar-refractivity contribution in [1.29, 1.82) is 0 Å². The first kappa shape index (κ1) is 20.3. The van der Waals surface area contributed by atoms with Crippen molar-refractivity contribution in [2.45, 2.75) is 44.9 Å². The molecule has 4 nitrogen and oxygen atoms in total. The van der Waals surface area contributed by atoms with Crippen molar-refractivity contribution in [3.8, 4) is 23.0 Å². The number of hydrogen-bond acceptors (Lipinski definition) is 4. The van der Waals surface area contributed by atoms with Crippen LogP contribution in [0.5, 0.6) is 11.5 Å². The van der Waals surface area contributed by atoms with E-state index in [9.17, 15) is 0 Å². The maximum atomic E-state index is 6.06. The normalized spacial score (nSPS) is 15.1. The van der Waals surface area contributed by atoms with Gasteiger partial charge in [0.25, 0.3) is 0 Å². The van der Waals surface area contributed by atoms with Crippen molar-refractivity contribution in [3.05, 3.63) is 77.7 Å². The van der Waals surface area contributed by atoms with E-state index in [1.165, 1.54) is 17.5 Å². The highest BCUT2D eigenvalue weighted by Gasteiger charge is 2.21. The highest BCUT2D eigenvalue weighted by atomic mass is 16.5. The molecule has 0 saturated heterocycles. The second kappa shape index (κ2) is 9.21. The number of nitrogens with zero attached hydrogens (tertiary/aromatic N) is 1. The molecule has 1 atom stereocenters. The van der Waals surface area contributed by atoms with Crippen molar-refractivity contribution in [2.75, 3.05) is 13.7 Å². The van der Waals surface area contributed by atoms with Gasteiger partial charge in [0.15, 0.2) is 0 Å². The highest BCUT2D eigenvalue weighted by Crippen LogP contribution is 2.37. The fourth-order valence-electron chi connectivity index (χ4n) is 4.20. The van der Waals surface area contributed by atoms with Gasteiger partial charge in [0.2, 0.25) is 5.89 Å². The van der Waals surface area contributed by atoms with Crippen LogP contribution < -0.4 is 9.47 Å². The Morgan fingerprint density at radius 3 is 2.70 bits per heavy atom. The molecule has 0 N–H and O–H groups in total. The molecule has 1 aliphatic carbocycles. The SMILES string of the molecule is C=CCC1CCc2cc(OCCc3nc(-c4ccc(OC)cc4)oc3CC)ccc21. The summed E-state index contributed by atoms with van der Waals surface area (Å²) in [7, 11) is 1.66. The maximum Gasteiger partial charge on any atom is 0.226 e. The van der Waals surface area contributed by atoms with Crippen LogP contribution in [0.3, 0.4) is 0 Å². The van der Waals surface area contributed by atoms with Crippen LogP contribution in [0, 0.1) is 0 Å². The zero-order chi connectivity index (χ0) is 20.9. The maximum absolute atomic E-state index is 6.06. The fourth-order valence-corrected chi connectivity index (χ4v) is 4.20. The molecular formula is C26H29NO3. The van der Waals surface area contributed by atoms with E-state index in [0.29, 0.717) is 18.4 Å². The lowest BCUT2D eigenvalue weighted by atomic mass is 9.98. The number of benzene rings is 2. The van der Waals surface area contributed by atoms with E-state index in [-0.39, 0.29) is 0 Å². The molecule has 3 aromatic rings. The van der Waals surface area contributed by atoms with Gasteiger partial charge in [-0.3, -0.25) is 0 Å². The van der Waals surface area contributed by atoms with Gasteiger partial charge in [-0.05, 0) is 72.7 Å². The van der Waals surface area contributed by atoms with Crippen LogP contribution in [0.25, 0.3) is 11.5 Å². The van der Waals surface area contributed by atoms with E-state index >= 15 is 0 Å². The van der Waals surface area contributed by atoms with Gasteiger partial charge < -0.3 is 13.9 Å². The Morgan fingerprint density at radius 1 is 1.17 bits per heavy atom. The molecule has 0 amide bonds. The molecule has 0 radical (unpaired) electrons. The molecule has 4 heteroatoms. The molecule has 1 aromatic heterocycles. The number of oxazole rings is 1. The summed E-state index contributed by atoms with van der Waals surface area (Å²) in [4.78, 5) is 4.73. The summed E-state index contributed by atoms with van der Waals surface area (Å²) in [5.41, 5.74) is 4.79. The number of fused-ring (bicyclic) bond motifs is 1. The monoisotopic (exact) mass is 403 g/mol. The minimum Gasteiger partial charge on any atom is -0.497 e. The smallest absolute Gasteiger partial charge is 0.226 e. The number of hydrogen-bond donors (Lipinski definition) is 0. The minimum atomic E-state index is 0.580. The van der Waals surface area contributed by atoms with Crippen LogP contribution in [-0.4, -0.2) is 18.7 Å². The number of methoxy groups -OCH3 is 1. The lowest BCUT2D eigenvalue weighted by molar-refractivity contribution is 0.319. The summed E-state index contributed by atoms with van der Waals surface area (Å²) in [5, 5.41) is 0. The number of aromatic nitrogens is 1.